The molecule has 0 unspecified atom stereocenters. The minimum absolute atomic E-state index is 0.0292. The summed E-state index contributed by atoms with van der Waals surface area (Å²) in [5, 5.41) is 10.3. The summed E-state index contributed by atoms with van der Waals surface area (Å²) in [7, 11) is -6.62. The molecule has 8 nitrogen and oxygen atoms in total. The molecule has 0 aliphatic carbocycles. The minimum Gasteiger partial charge on any atom is -0.409 e. The van der Waals surface area contributed by atoms with Gasteiger partial charge < -0.3 is 10.9 Å². The first-order valence-corrected chi connectivity index (χ1v) is 8.79. The molecule has 1 aliphatic heterocycles. The van der Waals surface area contributed by atoms with Crippen LogP contribution in [0.15, 0.2) is 5.16 Å². The van der Waals surface area contributed by atoms with E-state index in [0.717, 1.165) is 0 Å². The molecule has 18 heavy (non-hydrogen) atoms. The van der Waals surface area contributed by atoms with Crippen molar-refractivity contribution in [2.45, 2.75) is 24.5 Å². The maximum atomic E-state index is 11.8. The van der Waals surface area contributed by atoms with Gasteiger partial charge in [0, 0.05) is 13.0 Å². The Morgan fingerprint density at radius 2 is 1.94 bits per heavy atom. The van der Waals surface area contributed by atoms with E-state index in [4.69, 9.17) is 10.9 Å². The van der Waals surface area contributed by atoms with Gasteiger partial charge in [0.05, 0.1) is 16.8 Å². The number of nitrogens with two attached hydrogens (primary N) is 1. The summed E-state index contributed by atoms with van der Waals surface area (Å²) in [4.78, 5) is 0. The summed E-state index contributed by atoms with van der Waals surface area (Å²) in [6, 6.07) is 0. The Morgan fingerprint density at radius 1 is 1.39 bits per heavy atom. The number of sulfonamides is 1. The molecule has 0 radical (unpaired) electrons. The molecule has 10 heteroatoms. The van der Waals surface area contributed by atoms with Gasteiger partial charge in [0.25, 0.3) is 0 Å². The van der Waals surface area contributed by atoms with E-state index < -0.39 is 25.1 Å². The molecule has 0 aromatic rings. The normalized spacial score (nSPS) is 21.9. The molecule has 1 rings (SSSR count). The van der Waals surface area contributed by atoms with Crippen molar-refractivity contribution in [1.29, 1.82) is 0 Å². The second kappa shape index (κ2) is 5.85. The predicted molar refractivity (Wildman–Crippen MR) is 66.6 cm³/mol. The SMILES string of the molecule is NC(CCNS(=O)(=O)C1CCS(=O)(=O)CC1)=NO. The van der Waals surface area contributed by atoms with Gasteiger partial charge in [-0.25, -0.2) is 21.6 Å². The number of oxime groups is 1. The van der Waals surface area contributed by atoms with Gasteiger partial charge in [-0.05, 0) is 12.8 Å². The van der Waals surface area contributed by atoms with Gasteiger partial charge >= 0.3 is 0 Å². The lowest BCUT2D eigenvalue weighted by Gasteiger charge is -2.22. The highest BCUT2D eigenvalue weighted by atomic mass is 32.2. The molecule has 0 bridgehead atoms. The molecular weight excluding hydrogens is 282 g/mol. The first-order chi connectivity index (χ1) is 8.27. The minimum atomic E-state index is -3.54. The van der Waals surface area contributed by atoms with Gasteiger partial charge in [-0.1, -0.05) is 5.16 Å². The monoisotopic (exact) mass is 299 g/mol. The maximum absolute atomic E-state index is 11.8. The number of nitrogens with zero attached hydrogens (tertiary/aromatic N) is 1. The van der Waals surface area contributed by atoms with E-state index in [2.05, 4.69) is 9.88 Å². The fourth-order valence-corrected chi connectivity index (χ4v) is 4.94. The van der Waals surface area contributed by atoms with Crippen LogP contribution in [-0.4, -0.2) is 51.2 Å². The number of nitrogens with one attached hydrogen (secondary N) is 1. The Labute approximate surface area is 106 Å². The van der Waals surface area contributed by atoms with Crippen LogP contribution in [0.1, 0.15) is 19.3 Å². The Kier molecular flexibility index (Phi) is 4.93. The smallest absolute Gasteiger partial charge is 0.214 e. The molecule has 0 aromatic heterocycles. The van der Waals surface area contributed by atoms with Crippen molar-refractivity contribution < 1.29 is 22.0 Å². The Hall–Kier alpha value is -0.870. The lowest BCUT2D eigenvalue weighted by molar-refractivity contribution is 0.317. The third-order valence-electron chi connectivity index (χ3n) is 2.75. The maximum Gasteiger partial charge on any atom is 0.214 e. The van der Waals surface area contributed by atoms with Gasteiger partial charge in [0.1, 0.15) is 15.7 Å². The average molecular weight is 299 g/mol. The molecule has 0 atom stereocenters. The van der Waals surface area contributed by atoms with Crippen LogP contribution in [0.3, 0.4) is 0 Å². The zero-order valence-corrected chi connectivity index (χ0v) is 11.4. The molecule has 0 spiro atoms. The zero-order chi connectivity index (χ0) is 13.8. The zero-order valence-electron chi connectivity index (χ0n) is 9.74. The fourth-order valence-electron chi connectivity index (χ4n) is 1.67. The average Bonchev–Trinajstić information content (AvgIpc) is 2.28. The van der Waals surface area contributed by atoms with Gasteiger partial charge in [-0.3, -0.25) is 0 Å². The fraction of sp³-hybridized carbons (Fsp3) is 0.875. The molecule has 1 saturated heterocycles. The summed E-state index contributed by atoms with van der Waals surface area (Å²) in [5.41, 5.74) is 5.20. The number of hydrogen-bond acceptors (Lipinski definition) is 6. The molecule has 1 aliphatic rings. The summed E-state index contributed by atoms with van der Waals surface area (Å²) < 4.78 is 48.3. The van der Waals surface area contributed by atoms with Crippen LogP contribution in [0.25, 0.3) is 0 Å². The van der Waals surface area contributed by atoms with Crippen LogP contribution in [-0.2, 0) is 19.9 Å². The van der Waals surface area contributed by atoms with E-state index in [1.807, 2.05) is 0 Å². The first-order valence-electron chi connectivity index (χ1n) is 5.42. The van der Waals surface area contributed by atoms with E-state index in [1.54, 1.807) is 0 Å². The third-order valence-corrected chi connectivity index (χ3v) is 6.42. The van der Waals surface area contributed by atoms with Crippen LogP contribution in [0.5, 0.6) is 0 Å². The van der Waals surface area contributed by atoms with Crippen LogP contribution in [0.4, 0.5) is 0 Å². The van der Waals surface area contributed by atoms with E-state index in [-0.39, 0.29) is 43.1 Å². The third kappa shape index (κ3) is 4.42. The highest BCUT2D eigenvalue weighted by molar-refractivity contribution is 7.92. The summed E-state index contributed by atoms with van der Waals surface area (Å²) >= 11 is 0. The summed E-state index contributed by atoms with van der Waals surface area (Å²) in [6.07, 6.45) is 0.323. The highest BCUT2D eigenvalue weighted by Gasteiger charge is 2.32. The van der Waals surface area contributed by atoms with E-state index in [9.17, 15) is 16.8 Å². The van der Waals surface area contributed by atoms with Crippen molar-refractivity contribution in [2.24, 2.45) is 10.9 Å². The van der Waals surface area contributed by atoms with Gasteiger partial charge in [0.2, 0.25) is 10.0 Å². The lowest BCUT2D eigenvalue weighted by atomic mass is 10.2. The molecule has 106 valence electrons. The predicted octanol–water partition coefficient (Wildman–Crippen LogP) is -1.38. The number of rotatable bonds is 5. The number of hydrogen-bond donors (Lipinski definition) is 3. The number of amidine groups is 1. The Balaban J connectivity index is 2.50. The molecule has 0 aromatic carbocycles. The standard InChI is InChI=1S/C8H17N3O5S2/c9-8(11-12)1-4-10-18(15,16)7-2-5-17(13,14)6-3-7/h7,10,12H,1-6H2,(H2,9,11). The number of sulfone groups is 1. The second-order valence-electron chi connectivity index (χ2n) is 4.13. The van der Waals surface area contributed by atoms with Crippen molar-refractivity contribution in [3.8, 4) is 0 Å². The molecule has 4 N–H and O–H groups in total. The van der Waals surface area contributed by atoms with Gasteiger partial charge in [0.15, 0.2) is 0 Å². The van der Waals surface area contributed by atoms with Crippen molar-refractivity contribution in [3.63, 3.8) is 0 Å². The molecule has 1 fully saturated rings. The Morgan fingerprint density at radius 3 is 2.44 bits per heavy atom. The topological polar surface area (TPSA) is 139 Å². The second-order valence-corrected chi connectivity index (χ2v) is 8.48. The van der Waals surface area contributed by atoms with Crippen molar-refractivity contribution in [3.05, 3.63) is 0 Å². The summed E-state index contributed by atoms with van der Waals surface area (Å²) in [5.74, 6) is -0.263. The lowest BCUT2D eigenvalue weighted by Crippen LogP contribution is -2.40. The summed E-state index contributed by atoms with van der Waals surface area (Å²) in [6.45, 7) is 0.0292. The highest BCUT2D eigenvalue weighted by Crippen LogP contribution is 2.18. The van der Waals surface area contributed by atoms with Crippen molar-refractivity contribution in [2.75, 3.05) is 18.1 Å². The van der Waals surface area contributed by atoms with Gasteiger partial charge in [-0.2, -0.15) is 0 Å². The molecular formula is C8H17N3O5S2. The Bertz CT molecular complexity index is 497. The molecule has 0 saturated carbocycles. The van der Waals surface area contributed by atoms with Crippen molar-refractivity contribution >= 4 is 25.7 Å². The quantitative estimate of drug-likeness (QED) is 0.247. The van der Waals surface area contributed by atoms with E-state index in [1.165, 1.54) is 0 Å². The van der Waals surface area contributed by atoms with Crippen LogP contribution >= 0.6 is 0 Å². The largest absolute Gasteiger partial charge is 0.409 e. The van der Waals surface area contributed by atoms with Gasteiger partial charge in [-0.15, -0.1) is 0 Å². The first kappa shape index (κ1) is 15.2. The van der Waals surface area contributed by atoms with Crippen LogP contribution < -0.4 is 10.5 Å². The molecule has 1 heterocycles. The van der Waals surface area contributed by atoms with Crippen LogP contribution in [0.2, 0.25) is 0 Å². The molecule has 0 amide bonds. The van der Waals surface area contributed by atoms with Crippen molar-refractivity contribution in [1.82, 2.24) is 4.72 Å². The van der Waals surface area contributed by atoms with E-state index in [0.29, 0.717) is 0 Å². The van der Waals surface area contributed by atoms with Crippen LogP contribution in [0, 0.1) is 0 Å². The van der Waals surface area contributed by atoms with E-state index >= 15 is 0 Å².